The molecule has 2 unspecified atom stereocenters. The smallest absolute Gasteiger partial charge is 0.140 e. The molecule has 124 valence electrons. The average Bonchev–Trinajstić information content (AvgIpc) is 2.53. The maximum absolute atomic E-state index is 5.92. The number of pyridine rings is 1. The van der Waals surface area contributed by atoms with Crippen LogP contribution in [-0.4, -0.2) is 28.1 Å². The fraction of sp³-hybridized carbons (Fsp3) is 0.500. The minimum atomic E-state index is 0.470. The van der Waals surface area contributed by atoms with Crippen molar-refractivity contribution in [1.82, 2.24) is 15.0 Å². The lowest BCUT2D eigenvalue weighted by molar-refractivity contribution is 0.235. The number of ether oxygens (including phenoxy) is 1. The molecule has 0 fully saturated rings. The molecule has 2 aromatic heterocycles. The van der Waals surface area contributed by atoms with Gasteiger partial charge in [0.1, 0.15) is 12.1 Å². The van der Waals surface area contributed by atoms with Gasteiger partial charge in [-0.15, -0.1) is 0 Å². The quantitative estimate of drug-likeness (QED) is 0.849. The normalized spacial score (nSPS) is 13.6. The number of hydrogen-bond acceptors (Lipinski definition) is 5. The van der Waals surface area contributed by atoms with Gasteiger partial charge in [0.25, 0.3) is 0 Å². The summed E-state index contributed by atoms with van der Waals surface area (Å²) in [6, 6.07) is 3.93. The van der Waals surface area contributed by atoms with Crippen LogP contribution in [0.2, 0.25) is 0 Å². The van der Waals surface area contributed by atoms with Crippen LogP contribution in [0.15, 0.2) is 24.7 Å². The van der Waals surface area contributed by atoms with Crippen molar-refractivity contribution < 1.29 is 4.74 Å². The third-order valence-electron chi connectivity index (χ3n) is 3.86. The first-order valence-corrected chi connectivity index (χ1v) is 8.08. The second-order valence-corrected chi connectivity index (χ2v) is 6.37. The minimum Gasteiger partial charge on any atom is -0.491 e. The number of aromatic nitrogens is 3. The van der Waals surface area contributed by atoms with E-state index in [0.717, 1.165) is 41.4 Å². The predicted molar refractivity (Wildman–Crippen MR) is 92.2 cm³/mol. The molecule has 5 nitrogen and oxygen atoms in total. The Morgan fingerprint density at radius 1 is 1.04 bits per heavy atom. The number of aryl methyl sites for hydroxylation is 2. The summed E-state index contributed by atoms with van der Waals surface area (Å²) < 4.78 is 5.92. The Hall–Kier alpha value is -2.01. The van der Waals surface area contributed by atoms with Crippen molar-refractivity contribution in [3.8, 4) is 17.1 Å². The number of nitrogens with zero attached hydrogens (tertiary/aromatic N) is 3. The third kappa shape index (κ3) is 4.99. The summed E-state index contributed by atoms with van der Waals surface area (Å²) in [6.45, 7) is 9.73. The summed E-state index contributed by atoms with van der Waals surface area (Å²) in [6.07, 6.45) is 4.41. The van der Waals surface area contributed by atoms with E-state index in [-0.39, 0.29) is 0 Å². The van der Waals surface area contributed by atoms with Crippen LogP contribution < -0.4 is 10.5 Å². The summed E-state index contributed by atoms with van der Waals surface area (Å²) in [5, 5.41) is 0. The summed E-state index contributed by atoms with van der Waals surface area (Å²) >= 11 is 0. The van der Waals surface area contributed by atoms with E-state index >= 15 is 0 Å². The molecular weight excluding hydrogens is 288 g/mol. The molecule has 2 atom stereocenters. The first-order chi connectivity index (χ1) is 11.0. The molecule has 0 aromatic carbocycles. The minimum absolute atomic E-state index is 0.470. The van der Waals surface area contributed by atoms with E-state index in [1.54, 1.807) is 12.5 Å². The molecule has 2 rings (SSSR count). The SMILES string of the molecule is Cc1cc(-c2cc(C)c(OCC(C)CC(C)CN)cn2)ncn1. The highest BCUT2D eigenvalue weighted by molar-refractivity contribution is 5.56. The highest BCUT2D eigenvalue weighted by Gasteiger charge is 2.11. The molecule has 0 aliphatic heterocycles. The molecule has 2 N–H and O–H groups in total. The summed E-state index contributed by atoms with van der Waals surface area (Å²) in [7, 11) is 0. The first-order valence-electron chi connectivity index (χ1n) is 8.08. The van der Waals surface area contributed by atoms with Crippen LogP contribution in [0.4, 0.5) is 0 Å². The lowest BCUT2D eigenvalue weighted by atomic mass is 9.98. The average molecular weight is 314 g/mol. The Balaban J connectivity index is 2.02. The molecule has 0 saturated heterocycles. The largest absolute Gasteiger partial charge is 0.491 e. The standard InChI is InChI=1S/C18H26N4O/c1-12(8-19)5-13(2)10-23-18-9-20-16(6-14(18)3)17-7-15(4)21-11-22-17/h6-7,9,11-13H,5,8,10,19H2,1-4H3. The molecule has 0 saturated carbocycles. The van der Waals surface area contributed by atoms with E-state index in [1.807, 2.05) is 26.0 Å². The van der Waals surface area contributed by atoms with Gasteiger partial charge in [-0.25, -0.2) is 9.97 Å². The number of nitrogens with two attached hydrogens (primary N) is 1. The zero-order valence-corrected chi connectivity index (χ0v) is 14.4. The van der Waals surface area contributed by atoms with Crippen molar-refractivity contribution in [2.24, 2.45) is 17.6 Å². The number of rotatable bonds is 7. The summed E-state index contributed by atoms with van der Waals surface area (Å²) in [4.78, 5) is 12.9. The molecule has 2 aromatic rings. The van der Waals surface area contributed by atoms with Gasteiger partial charge in [-0.2, -0.15) is 0 Å². The van der Waals surface area contributed by atoms with Crippen LogP contribution in [0.3, 0.4) is 0 Å². The first kappa shape index (κ1) is 17.3. The van der Waals surface area contributed by atoms with E-state index in [9.17, 15) is 0 Å². The molecule has 2 heterocycles. The second-order valence-electron chi connectivity index (χ2n) is 6.37. The maximum Gasteiger partial charge on any atom is 0.140 e. The zero-order chi connectivity index (χ0) is 16.8. The molecular formula is C18H26N4O. The van der Waals surface area contributed by atoms with Crippen LogP contribution in [-0.2, 0) is 0 Å². The molecule has 0 aliphatic rings. The molecule has 5 heteroatoms. The molecule has 0 amide bonds. The molecule has 23 heavy (non-hydrogen) atoms. The Bertz CT molecular complexity index is 645. The fourth-order valence-corrected chi connectivity index (χ4v) is 2.51. The van der Waals surface area contributed by atoms with E-state index in [1.165, 1.54) is 0 Å². The van der Waals surface area contributed by atoms with Crippen LogP contribution >= 0.6 is 0 Å². The predicted octanol–water partition coefficient (Wildman–Crippen LogP) is 3.16. The molecule has 0 bridgehead atoms. The van der Waals surface area contributed by atoms with Crippen molar-refractivity contribution >= 4 is 0 Å². The lowest BCUT2D eigenvalue weighted by Crippen LogP contribution is -2.18. The highest BCUT2D eigenvalue weighted by Crippen LogP contribution is 2.23. The van der Waals surface area contributed by atoms with Gasteiger partial charge in [-0.1, -0.05) is 13.8 Å². The fourth-order valence-electron chi connectivity index (χ4n) is 2.51. The molecule has 0 radical (unpaired) electrons. The van der Waals surface area contributed by atoms with Gasteiger partial charge >= 0.3 is 0 Å². The van der Waals surface area contributed by atoms with E-state index in [0.29, 0.717) is 18.4 Å². The maximum atomic E-state index is 5.92. The monoisotopic (exact) mass is 314 g/mol. The topological polar surface area (TPSA) is 73.9 Å². The zero-order valence-electron chi connectivity index (χ0n) is 14.4. The summed E-state index contributed by atoms with van der Waals surface area (Å²) in [5.41, 5.74) is 9.33. The Kier molecular flexibility index (Phi) is 6.04. The number of hydrogen-bond donors (Lipinski definition) is 1. The van der Waals surface area contributed by atoms with Crippen molar-refractivity contribution in [3.05, 3.63) is 35.9 Å². The van der Waals surface area contributed by atoms with Crippen molar-refractivity contribution in [1.29, 1.82) is 0 Å². The highest BCUT2D eigenvalue weighted by atomic mass is 16.5. The van der Waals surface area contributed by atoms with E-state index < -0.39 is 0 Å². The van der Waals surface area contributed by atoms with Crippen LogP contribution in [0.1, 0.15) is 31.5 Å². The lowest BCUT2D eigenvalue weighted by Gasteiger charge is -2.17. The van der Waals surface area contributed by atoms with Gasteiger partial charge in [-0.3, -0.25) is 4.98 Å². The van der Waals surface area contributed by atoms with Gasteiger partial charge in [-0.05, 0) is 56.3 Å². The van der Waals surface area contributed by atoms with Crippen molar-refractivity contribution in [2.45, 2.75) is 34.1 Å². The van der Waals surface area contributed by atoms with Crippen LogP contribution in [0.5, 0.6) is 5.75 Å². The van der Waals surface area contributed by atoms with Crippen molar-refractivity contribution in [3.63, 3.8) is 0 Å². The van der Waals surface area contributed by atoms with Gasteiger partial charge < -0.3 is 10.5 Å². The van der Waals surface area contributed by atoms with Crippen molar-refractivity contribution in [2.75, 3.05) is 13.2 Å². The van der Waals surface area contributed by atoms with Gasteiger partial charge in [0.2, 0.25) is 0 Å². The third-order valence-corrected chi connectivity index (χ3v) is 3.86. The Morgan fingerprint density at radius 3 is 2.43 bits per heavy atom. The van der Waals surface area contributed by atoms with Crippen LogP contribution in [0.25, 0.3) is 11.4 Å². The summed E-state index contributed by atoms with van der Waals surface area (Å²) in [5.74, 6) is 1.82. The Morgan fingerprint density at radius 2 is 1.78 bits per heavy atom. The van der Waals surface area contributed by atoms with E-state index in [2.05, 4.69) is 28.8 Å². The molecule has 0 spiro atoms. The van der Waals surface area contributed by atoms with Gasteiger partial charge in [0.15, 0.2) is 0 Å². The Labute approximate surface area is 138 Å². The van der Waals surface area contributed by atoms with E-state index in [4.69, 9.17) is 10.5 Å². The van der Waals surface area contributed by atoms with Crippen LogP contribution in [0, 0.1) is 25.7 Å². The molecule has 0 aliphatic carbocycles. The van der Waals surface area contributed by atoms with Gasteiger partial charge in [0, 0.05) is 5.69 Å². The van der Waals surface area contributed by atoms with Gasteiger partial charge in [0.05, 0.1) is 24.2 Å². The second kappa shape index (κ2) is 8.02.